The van der Waals surface area contributed by atoms with Gasteiger partial charge in [-0.05, 0) is 11.6 Å². The lowest BCUT2D eigenvalue weighted by molar-refractivity contribution is -0.134. The third-order valence-corrected chi connectivity index (χ3v) is 4.97. The standard InChI is InChI=1S/C21H22F2N4O/c1-25(2)21(28)20(15-6-4-3-5-7-15)27-10-8-26(9-11-27)19-13-17(22)16(14-24)12-18(19)23/h3-7,12-13,20H,8-11H2,1-2H3. The zero-order valence-corrected chi connectivity index (χ0v) is 15.9. The van der Waals surface area contributed by atoms with Crippen LogP contribution >= 0.6 is 0 Å². The molecule has 28 heavy (non-hydrogen) atoms. The van der Waals surface area contributed by atoms with Crippen molar-refractivity contribution in [1.29, 1.82) is 5.26 Å². The number of nitriles is 1. The van der Waals surface area contributed by atoms with Crippen LogP contribution in [0.2, 0.25) is 0 Å². The Morgan fingerprint density at radius 1 is 1.07 bits per heavy atom. The molecule has 0 saturated carbocycles. The Hall–Kier alpha value is -2.98. The Balaban J connectivity index is 1.79. The zero-order valence-electron chi connectivity index (χ0n) is 15.9. The van der Waals surface area contributed by atoms with Gasteiger partial charge in [0.15, 0.2) is 0 Å². The number of anilines is 1. The van der Waals surface area contributed by atoms with Crippen molar-refractivity contribution in [2.24, 2.45) is 0 Å². The molecule has 0 bridgehead atoms. The Labute approximate surface area is 163 Å². The molecule has 2 aromatic carbocycles. The van der Waals surface area contributed by atoms with Crippen molar-refractivity contribution >= 4 is 11.6 Å². The summed E-state index contributed by atoms with van der Waals surface area (Å²) in [7, 11) is 3.45. The molecule has 3 rings (SSSR count). The smallest absolute Gasteiger partial charge is 0.244 e. The predicted octanol–water partition coefficient (Wildman–Crippen LogP) is 2.79. The Bertz CT molecular complexity index is 887. The quantitative estimate of drug-likeness (QED) is 0.814. The van der Waals surface area contributed by atoms with Crippen LogP contribution in [0.5, 0.6) is 0 Å². The lowest BCUT2D eigenvalue weighted by atomic mass is 10.0. The van der Waals surface area contributed by atoms with Crippen molar-refractivity contribution in [2.75, 3.05) is 45.2 Å². The molecule has 1 atom stereocenters. The lowest BCUT2D eigenvalue weighted by Gasteiger charge is -2.40. The van der Waals surface area contributed by atoms with E-state index >= 15 is 0 Å². The van der Waals surface area contributed by atoms with Crippen molar-refractivity contribution in [3.8, 4) is 6.07 Å². The first kappa shape index (κ1) is 19.8. The number of hydrogen-bond donors (Lipinski definition) is 0. The second kappa shape index (κ2) is 8.36. The number of likely N-dealkylation sites (N-methyl/N-ethyl adjacent to an activating group) is 1. The maximum atomic E-state index is 14.3. The molecule has 146 valence electrons. The van der Waals surface area contributed by atoms with Crippen LogP contribution in [0.15, 0.2) is 42.5 Å². The average molecular weight is 384 g/mol. The van der Waals surface area contributed by atoms with Crippen molar-refractivity contribution in [2.45, 2.75) is 6.04 Å². The monoisotopic (exact) mass is 384 g/mol. The summed E-state index contributed by atoms with van der Waals surface area (Å²) in [6, 6.07) is 12.8. The lowest BCUT2D eigenvalue weighted by Crippen LogP contribution is -2.51. The first-order valence-corrected chi connectivity index (χ1v) is 9.06. The summed E-state index contributed by atoms with van der Waals surface area (Å²) >= 11 is 0. The van der Waals surface area contributed by atoms with Crippen molar-refractivity contribution in [3.05, 3.63) is 65.2 Å². The summed E-state index contributed by atoms with van der Waals surface area (Å²) in [5, 5.41) is 8.83. The fourth-order valence-electron chi connectivity index (χ4n) is 3.47. The number of carbonyl (C=O) groups is 1. The highest BCUT2D eigenvalue weighted by Crippen LogP contribution is 2.28. The van der Waals surface area contributed by atoms with Crippen LogP contribution in [0.25, 0.3) is 0 Å². The molecule has 1 unspecified atom stereocenters. The number of halogens is 2. The van der Waals surface area contributed by atoms with E-state index in [0.717, 1.165) is 17.7 Å². The number of nitrogens with zero attached hydrogens (tertiary/aromatic N) is 4. The summed E-state index contributed by atoms with van der Waals surface area (Å²) in [6.07, 6.45) is 0. The normalized spacial score (nSPS) is 15.8. The average Bonchev–Trinajstić information content (AvgIpc) is 2.71. The molecule has 1 heterocycles. The van der Waals surface area contributed by atoms with Gasteiger partial charge in [-0.3, -0.25) is 9.69 Å². The molecule has 1 fully saturated rings. The zero-order chi connectivity index (χ0) is 20.3. The van der Waals surface area contributed by atoms with E-state index in [1.54, 1.807) is 30.0 Å². The molecule has 5 nitrogen and oxygen atoms in total. The maximum Gasteiger partial charge on any atom is 0.244 e. The predicted molar refractivity (Wildman–Crippen MR) is 103 cm³/mol. The molecule has 1 amide bonds. The van der Waals surface area contributed by atoms with Gasteiger partial charge in [-0.1, -0.05) is 30.3 Å². The van der Waals surface area contributed by atoms with E-state index in [1.165, 1.54) is 0 Å². The van der Waals surface area contributed by atoms with E-state index < -0.39 is 17.7 Å². The number of benzene rings is 2. The van der Waals surface area contributed by atoms with Gasteiger partial charge in [0.2, 0.25) is 5.91 Å². The largest absolute Gasteiger partial charge is 0.367 e. The number of rotatable bonds is 4. The number of piperazine rings is 1. The van der Waals surface area contributed by atoms with Gasteiger partial charge < -0.3 is 9.80 Å². The molecular formula is C21H22F2N4O. The van der Waals surface area contributed by atoms with Gasteiger partial charge in [0.1, 0.15) is 23.7 Å². The molecule has 0 N–H and O–H groups in total. The van der Waals surface area contributed by atoms with Gasteiger partial charge >= 0.3 is 0 Å². The highest BCUT2D eigenvalue weighted by molar-refractivity contribution is 5.83. The molecule has 7 heteroatoms. The Kier molecular flexibility index (Phi) is 5.90. The number of carbonyl (C=O) groups excluding carboxylic acids is 1. The first-order chi connectivity index (χ1) is 13.4. The van der Waals surface area contributed by atoms with E-state index in [4.69, 9.17) is 5.26 Å². The van der Waals surface area contributed by atoms with E-state index in [9.17, 15) is 13.6 Å². The van der Waals surface area contributed by atoms with Gasteiger partial charge in [-0.2, -0.15) is 5.26 Å². The molecule has 1 aliphatic heterocycles. The minimum atomic E-state index is -0.730. The van der Waals surface area contributed by atoms with Crippen LogP contribution in [-0.4, -0.2) is 56.0 Å². The highest BCUT2D eigenvalue weighted by Gasteiger charge is 2.32. The Morgan fingerprint density at radius 3 is 2.29 bits per heavy atom. The summed E-state index contributed by atoms with van der Waals surface area (Å²) in [5.41, 5.74) is 0.747. The molecule has 0 aromatic heterocycles. The van der Waals surface area contributed by atoms with Crippen molar-refractivity contribution in [3.63, 3.8) is 0 Å². The fraction of sp³-hybridized carbons (Fsp3) is 0.333. The maximum absolute atomic E-state index is 14.3. The molecule has 0 spiro atoms. The fourth-order valence-corrected chi connectivity index (χ4v) is 3.47. The summed E-state index contributed by atoms with van der Waals surface area (Å²) in [4.78, 5) is 18.2. The first-order valence-electron chi connectivity index (χ1n) is 9.06. The number of amides is 1. The molecular weight excluding hydrogens is 362 g/mol. The topological polar surface area (TPSA) is 50.6 Å². The van der Waals surface area contributed by atoms with E-state index in [-0.39, 0.29) is 17.2 Å². The van der Waals surface area contributed by atoms with E-state index in [0.29, 0.717) is 26.2 Å². The van der Waals surface area contributed by atoms with Crippen LogP contribution < -0.4 is 4.90 Å². The van der Waals surface area contributed by atoms with E-state index in [2.05, 4.69) is 4.90 Å². The van der Waals surface area contributed by atoms with Crippen molar-refractivity contribution < 1.29 is 13.6 Å². The third kappa shape index (κ3) is 3.97. The molecule has 0 aliphatic carbocycles. The third-order valence-electron chi connectivity index (χ3n) is 4.97. The second-order valence-electron chi connectivity index (χ2n) is 6.96. The van der Waals surface area contributed by atoms with Gasteiger partial charge in [0, 0.05) is 46.3 Å². The van der Waals surface area contributed by atoms with Crippen LogP contribution in [0, 0.1) is 23.0 Å². The minimum absolute atomic E-state index is 0.0183. The molecule has 1 aliphatic rings. The summed E-state index contributed by atoms with van der Waals surface area (Å²) < 4.78 is 28.3. The summed E-state index contributed by atoms with van der Waals surface area (Å²) in [6.45, 7) is 1.96. The van der Waals surface area contributed by atoms with E-state index in [1.807, 2.05) is 30.3 Å². The summed E-state index contributed by atoms with van der Waals surface area (Å²) in [5.74, 6) is -1.36. The van der Waals surface area contributed by atoms with Crippen LogP contribution in [-0.2, 0) is 4.79 Å². The van der Waals surface area contributed by atoms with Crippen LogP contribution in [0.1, 0.15) is 17.2 Å². The molecule has 0 radical (unpaired) electrons. The van der Waals surface area contributed by atoms with Crippen molar-refractivity contribution in [1.82, 2.24) is 9.80 Å². The minimum Gasteiger partial charge on any atom is -0.367 e. The van der Waals surface area contributed by atoms with Crippen LogP contribution in [0.4, 0.5) is 14.5 Å². The second-order valence-corrected chi connectivity index (χ2v) is 6.96. The molecule has 2 aromatic rings. The highest BCUT2D eigenvalue weighted by atomic mass is 19.1. The van der Waals surface area contributed by atoms with Gasteiger partial charge in [-0.25, -0.2) is 8.78 Å². The number of hydrogen-bond acceptors (Lipinski definition) is 4. The SMILES string of the molecule is CN(C)C(=O)C(c1ccccc1)N1CCN(c2cc(F)c(C#N)cc2F)CC1. The van der Waals surface area contributed by atoms with Gasteiger partial charge in [0.25, 0.3) is 0 Å². The van der Waals surface area contributed by atoms with Gasteiger partial charge in [0.05, 0.1) is 11.3 Å². The van der Waals surface area contributed by atoms with Gasteiger partial charge in [-0.15, -0.1) is 0 Å². The van der Waals surface area contributed by atoms with Crippen LogP contribution in [0.3, 0.4) is 0 Å². The Morgan fingerprint density at radius 2 is 1.71 bits per heavy atom. The molecule has 1 saturated heterocycles.